The Hall–Kier alpha value is -2.09. The summed E-state index contributed by atoms with van der Waals surface area (Å²) in [5.41, 5.74) is 5.01. The fourth-order valence-corrected chi connectivity index (χ4v) is 2.05. The molecule has 18 heavy (non-hydrogen) atoms. The molecule has 0 saturated carbocycles. The van der Waals surface area contributed by atoms with Crippen molar-refractivity contribution >= 4 is 17.2 Å². The van der Waals surface area contributed by atoms with Gasteiger partial charge in [-0.3, -0.25) is 4.79 Å². The van der Waals surface area contributed by atoms with Crippen LogP contribution >= 0.6 is 0 Å². The third-order valence-corrected chi connectivity index (χ3v) is 3.05. The van der Waals surface area contributed by atoms with Crippen molar-refractivity contribution in [2.24, 2.45) is 0 Å². The van der Waals surface area contributed by atoms with E-state index in [4.69, 9.17) is 0 Å². The highest BCUT2D eigenvalue weighted by molar-refractivity contribution is 6.00. The second-order valence-electron chi connectivity index (χ2n) is 4.49. The molecule has 0 aliphatic heterocycles. The van der Waals surface area contributed by atoms with Crippen LogP contribution in [0, 0.1) is 13.8 Å². The van der Waals surface area contributed by atoms with E-state index in [0.717, 1.165) is 16.9 Å². The molecule has 92 valence electrons. The van der Waals surface area contributed by atoms with E-state index in [1.165, 1.54) is 11.1 Å². The van der Waals surface area contributed by atoms with E-state index in [1.54, 1.807) is 6.92 Å². The van der Waals surface area contributed by atoms with Gasteiger partial charge in [-0.15, -0.1) is 0 Å². The fraction of sp³-hybridized carbons (Fsp3) is 0.188. The van der Waals surface area contributed by atoms with Crippen molar-refractivity contribution in [1.29, 1.82) is 0 Å². The summed E-state index contributed by atoms with van der Waals surface area (Å²) >= 11 is 0. The van der Waals surface area contributed by atoms with Crippen molar-refractivity contribution in [2.75, 3.05) is 5.32 Å². The van der Waals surface area contributed by atoms with Crippen LogP contribution in [0.3, 0.4) is 0 Å². The summed E-state index contributed by atoms with van der Waals surface area (Å²) in [6, 6.07) is 13.8. The molecule has 0 bridgehead atoms. The summed E-state index contributed by atoms with van der Waals surface area (Å²) < 4.78 is 0. The van der Waals surface area contributed by atoms with E-state index in [1.807, 2.05) is 30.3 Å². The molecule has 0 radical (unpaired) electrons. The standard InChI is InChI=1S/C16H17NO/c1-11-7-6-8-12(2)16(11)17-15-10-5-4-9-14(15)13(3)18/h4-10,17H,1-3H3. The Kier molecular flexibility index (Phi) is 3.47. The zero-order valence-electron chi connectivity index (χ0n) is 10.9. The van der Waals surface area contributed by atoms with Gasteiger partial charge in [0.2, 0.25) is 0 Å². The monoisotopic (exact) mass is 239 g/mol. The third-order valence-electron chi connectivity index (χ3n) is 3.05. The van der Waals surface area contributed by atoms with Crippen LogP contribution in [-0.2, 0) is 0 Å². The largest absolute Gasteiger partial charge is 0.354 e. The molecule has 0 unspecified atom stereocenters. The molecule has 2 rings (SSSR count). The quantitative estimate of drug-likeness (QED) is 0.811. The van der Waals surface area contributed by atoms with Gasteiger partial charge in [0.15, 0.2) is 5.78 Å². The minimum absolute atomic E-state index is 0.0735. The second kappa shape index (κ2) is 5.05. The van der Waals surface area contributed by atoms with Crippen LogP contribution in [0.4, 0.5) is 11.4 Å². The normalized spacial score (nSPS) is 10.2. The van der Waals surface area contributed by atoms with Gasteiger partial charge in [0.1, 0.15) is 0 Å². The Labute approximate surface area is 108 Å². The van der Waals surface area contributed by atoms with Crippen LogP contribution in [0.5, 0.6) is 0 Å². The van der Waals surface area contributed by atoms with E-state index in [9.17, 15) is 4.79 Å². The highest BCUT2D eigenvalue weighted by Crippen LogP contribution is 2.26. The van der Waals surface area contributed by atoms with Crippen molar-refractivity contribution in [2.45, 2.75) is 20.8 Å². The molecule has 0 aliphatic carbocycles. The molecule has 2 aromatic carbocycles. The lowest BCUT2D eigenvalue weighted by atomic mass is 10.1. The van der Waals surface area contributed by atoms with Gasteiger partial charge < -0.3 is 5.32 Å². The highest BCUT2D eigenvalue weighted by Gasteiger charge is 2.08. The van der Waals surface area contributed by atoms with Crippen LogP contribution in [0.2, 0.25) is 0 Å². The Morgan fingerprint density at radius 2 is 1.56 bits per heavy atom. The number of nitrogens with one attached hydrogen (secondary N) is 1. The molecular formula is C16H17NO. The summed E-state index contributed by atoms with van der Waals surface area (Å²) in [5, 5.41) is 3.37. The zero-order chi connectivity index (χ0) is 13.1. The molecule has 0 saturated heterocycles. The molecule has 2 heteroatoms. The molecule has 0 aromatic heterocycles. The number of Topliss-reactive ketones (excluding diaryl/α,β-unsaturated/α-hetero) is 1. The molecule has 0 heterocycles. The van der Waals surface area contributed by atoms with Crippen molar-refractivity contribution in [3.63, 3.8) is 0 Å². The number of anilines is 2. The number of para-hydroxylation sites is 2. The Bertz CT molecular complexity index is 567. The van der Waals surface area contributed by atoms with E-state index < -0.39 is 0 Å². The first kappa shape index (κ1) is 12.4. The summed E-state index contributed by atoms with van der Waals surface area (Å²) in [6.07, 6.45) is 0. The zero-order valence-corrected chi connectivity index (χ0v) is 10.9. The van der Waals surface area contributed by atoms with Crippen molar-refractivity contribution in [3.8, 4) is 0 Å². The van der Waals surface area contributed by atoms with E-state index in [2.05, 4.69) is 31.3 Å². The average Bonchev–Trinajstić information content (AvgIpc) is 2.34. The molecule has 0 fully saturated rings. The van der Waals surface area contributed by atoms with Crippen LogP contribution in [0.15, 0.2) is 42.5 Å². The lowest BCUT2D eigenvalue weighted by Crippen LogP contribution is -2.02. The molecule has 2 nitrogen and oxygen atoms in total. The van der Waals surface area contributed by atoms with Crippen LogP contribution in [0.25, 0.3) is 0 Å². The number of aryl methyl sites for hydroxylation is 2. The van der Waals surface area contributed by atoms with E-state index in [-0.39, 0.29) is 5.78 Å². The molecular weight excluding hydrogens is 222 g/mol. The first-order valence-electron chi connectivity index (χ1n) is 6.03. The molecule has 0 atom stereocenters. The first-order chi connectivity index (χ1) is 8.59. The predicted molar refractivity (Wildman–Crippen MR) is 75.6 cm³/mol. The number of carbonyl (C=O) groups excluding carboxylic acids is 1. The summed E-state index contributed by atoms with van der Waals surface area (Å²) in [5.74, 6) is 0.0735. The van der Waals surface area contributed by atoms with Gasteiger partial charge in [-0.2, -0.15) is 0 Å². The van der Waals surface area contributed by atoms with Gasteiger partial charge in [0.05, 0.1) is 0 Å². The molecule has 1 N–H and O–H groups in total. The minimum Gasteiger partial charge on any atom is -0.354 e. The molecule has 0 aliphatic rings. The molecule has 0 amide bonds. The Balaban J connectivity index is 2.43. The smallest absolute Gasteiger partial charge is 0.161 e. The lowest BCUT2D eigenvalue weighted by molar-refractivity contribution is 0.101. The van der Waals surface area contributed by atoms with Gasteiger partial charge in [0.25, 0.3) is 0 Å². The number of hydrogen-bond acceptors (Lipinski definition) is 2. The topological polar surface area (TPSA) is 29.1 Å². The van der Waals surface area contributed by atoms with Gasteiger partial charge in [-0.1, -0.05) is 30.3 Å². The predicted octanol–water partition coefficient (Wildman–Crippen LogP) is 4.25. The van der Waals surface area contributed by atoms with Gasteiger partial charge in [-0.05, 0) is 44.0 Å². The SMILES string of the molecule is CC(=O)c1ccccc1Nc1c(C)cccc1C. The van der Waals surface area contributed by atoms with Crippen LogP contribution in [-0.4, -0.2) is 5.78 Å². The number of ketones is 1. The summed E-state index contributed by atoms with van der Waals surface area (Å²) in [4.78, 5) is 11.6. The van der Waals surface area contributed by atoms with E-state index >= 15 is 0 Å². The van der Waals surface area contributed by atoms with Crippen molar-refractivity contribution in [1.82, 2.24) is 0 Å². The average molecular weight is 239 g/mol. The number of carbonyl (C=O) groups is 1. The third kappa shape index (κ3) is 2.43. The van der Waals surface area contributed by atoms with Crippen LogP contribution in [0.1, 0.15) is 28.4 Å². The maximum atomic E-state index is 11.6. The Morgan fingerprint density at radius 1 is 0.944 bits per heavy atom. The highest BCUT2D eigenvalue weighted by atomic mass is 16.1. The van der Waals surface area contributed by atoms with Gasteiger partial charge in [0, 0.05) is 16.9 Å². The number of benzene rings is 2. The maximum absolute atomic E-state index is 11.6. The molecule has 0 spiro atoms. The van der Waals surface area contributed by atoms with Gasteiger partial charge in [-0.25, -0.2) is 0 Å². The van der Waals surface area contributed by atoms with Crippen molar-refractivity contribution in [3.05, 3.63) is 59.2 Å². The summed E-state index contributed by atoms with van der Waals surface area (Å²) in [6.45, 7) is 5.71. The number of hydrogen-bond donors (Lipinski definition) is 1. The van der Waals surface area contributed by atoms with E-state index in [0.29, 0.717) is 0 Å². The summed E-state index contributed by atoms with van der Waals surface area (Å²) in [7, 11) is 0. The Morgan fingerprint density at radius 3 is 2.17 bits per heavy atom. The molecule has 2 aromatic rings. The minimum atomic E-state index is 0.0735. The van der Waals surface area contributed by atoms with Crippen molar-refractivity contribution < 1.29 is 4.79 Å². The van der Waals surface area contributed by atoms with Gasteiger partial charge >= 0.3 is 0 Å². The lowest BCUT2D eigenvalue weighted by Gasteiger charge is -2.14. The first-order valence-corrected chi connectivity index (χ1v) is 6.03. The second-order valence-corrected chi connectivity index (χ2v) is 4.49. The number of rotatable bonds is 3. The maximum Gasteiger partial charge on any atom is 0.161 e. The van der Waals surface area contributed by atoms with Crippen LogP contribution < -0.4 is 5.32 Å². The fourth-order valence-electron chi connectivity index (χ4n) is 2.05.